The lowest BCUT2D eigenvalue weighted by Gasteiger charge is -2.03. The van der Waals surface area contributed by atoms with Crippen molar-refractivity contribution in [2.75, 3.05) is 5.32 Å². The number of aromatic nitrogens is 1. The van der Waals surface area contributed by atoms with Gasteiger partial charge in [-0.1, -0.05) is 18.1 Å². The van der Waals surface area contributed by atoms with Crippen LogP contribution in [0.15, 0.2) is 64.6 Å². The Morgan fingerprint density at radius 1 is 1.09 bits per heavy atom. The van der Waals surface area contributed by atoms with Crippen molar-refractivity contribution in [2.24, 2.45) is 0 Å². The standard InChI is InChI=1S/C18H11BrN2OS/c19-17-10-9-16(23-17)18(22)21-15-6-3-4-13(12-15)7-8-14-5-1-2-11-20-14/h1-6,9-12H,(H,21,22). The number of rotatable bonds is 2. The highest BCUT2D eigenvalue weighted by molar-refractivity contribution is 9.11. The van der Waals surface area contributed by atoms with E-state index < -0.39 is 0 Å². The number of nitrogens with zero attached hydrogens (tertiary/aromatic N) is 1. The minimum atomic E-state index is -0.129. The third-order valence-corrected chi connectivity index (χ3v) is 4.54. The van der Waals surface area contributed by atoms with E-state index in [-0.39, 0.29) is 5.91 Å². The van der Waals surface area contributed by atoms with Crippen LogP contribution in [0, 0.1) is 11.8 Å². The van der Waals surface area contributed by atoms with E-state index in [1.807, 2.05) is 48.5 Å². The van der Waals surface area contributed by atoms with Crippen molar-refractivity contribution in [1.29, 1.82) is 0 Å². The summed E-state index contributed by atoms with van der Waals surface area (Å²) in [5.74, 6) is 5.92. The van der Waals surface area contributed by atoms with Crippen LogP contribution in [0.3, 0.4) is 0 Å². The van der Waals surface area contributed by atoms with Crippen molar-refractivity contribution in [1.82, 2.24) is 4.98 Å². The fraction of sp³-hybridized carbons (Fsp3) is 0. The van der Waals surface area contributed by atoms with Gasteiger partial charge in [0.05, 0.1) is 8.66 Å². The highest BCUT2D eigenvalue weighted by Crippen LogP contribution is 2.23. The van der Waals surface area contributed by atoms with E-state index in [0.717, 1.165) is 9.35 Å². The Kier molecular flexibility index (Phi) is 4.86. The number of thiophene rings is 1. The largest absolute Gasteiger partial charge is 0.321 e. The lowest BCUT2D eigenvalue weighted by molar-refractivity contribution is 0.103. The van der Waals surface area contributed by atoms with Gasteiger partial charge in [0, 0.05) is 17.4 Å². The normalized spacial score (nSPS) is 9.78. The number of benzene rings is 1. The van der Waals surface area contributed by atoms with Crippen molar-refractivity contribution < 1.29 is 4.79 Å². The van der Waals surface area contributed by atoms with E-state index in [1.165, 1.54) is 11.3 Å². The van der Waals surface area contributed by atoms with E-state index in [1.54, 1.807) is 12.3 Å². The summed E-state index contributed by atoms with van der Waals surface area (Å²) in [6, 6.07) is 16.7. The molecule has 0 atom stereocenters. The molecule has 23 heavy (non-hydrogen) atoms. The lowest BCUT2D eigenvalue weighted by Crippen LogP contribution is -2.09. The molecule has 0 fully saturated rings. The zero-order valence-corrected chi connectivity index (χ0v) is 14.3. The van der Waals surface area contributed by atoms with Crippen LogP contribution in [0.5, 0.6) is 0 Å². The first-order valence-corrected chi connectivity index (χ1v) is 8.41. The van der Waals surface area contributed by atoms with Gasteiger partial charge in [-0.2, -0.15) is 0 Å². The topological polar surface area (TPSA) is 42.0 Å². The summed E-state index contributed by atoms with van der Waals surface area (Å²) in [4.78, 5) is 17.0. The average Bonchev–Trinajstić information content (AvgIpc) is 3.01. The summed E-state index contributed by atoms with van der Waals surface area (Å²) in [5, 5.41) is 2.88. The van der Waals surface area contributed by atoms with Crippen LogP contribution >= 0.6 is 27.3 Å². The number of carbonyl (C=O) groups excluding carboxylic acids is 1. The van der Waals surface area contributed by atoms with Crippen LogP contribution in [0.1, 0.15) is 20.9 Å². The van der Waals surface area contributed by atoms with Gasteiger partial charge in [0.25, 0.3) is 5.91 Å². The van der Waals surface area contributed by atoms with Gasteiger partial charge in [-0.05, 0) is 64.3 Å². The van der Waals surface area contributed by atoms with Gasteiger partial charge >= 0.3 is 0 Å². The number of pyridine rings is 1. The molecule has 0 spiro atoms. The Morgan fingerprint density at radius 2 is 2.00 bits per heavy atom. The maximum Gasteiger partial charge on any atom is 0.265 e. The Bertz CT molecular complexity index is 894. The third-order valence-electron chi connectivity index (χ3n) is 2.92. The number of nitrogens with one attached hydrogen (secondary N) is 1. The Hall–Kier alpha value is -2.42. The fourth-order valence-corrected chi connectivity index (χ4v) is 3.16. The minimum Gasteiger partial charge on any atom is -0.321 e. The van der Waals surface area contributed by atoms with E-state index >= 15 is 0 Å². The summed E-state index contributed by atoms with van der Waals surface area (Å²) in [5.41, 5.74) is 2.25. The highest BCUT2D eigenvalue weighted by atomic mass is 79.9. The number of carbonyl (C=O) groups is 1. The van der Waals surface area contributed by atoms with Gasteiger partial charge in [-0.15, -0.1) is 11.3 Å². The summed E-state index contributed by atoms with van der Waals surface area (Å²) in [7, 11) is 0. The predicted molar refractivity (Wildman–Crippen MR) is 96.6 cm³/mol. The predicted octanol–water partition coefficient (Wildman–Crippen LogP) is 4.56. The fourth-order valence-electron chi connectivity index (χ4n) is 1.88. The number of amides is 1. The van der Waals surface area contributed by atoms with Crippen molar-refractivity contribution in [3.8, 4) is 11.8 Å². The van der Waals surface area contributed by atoms with Crippen molar-refractivity contribution in [3.63, 3.8) is 0 Å². The molecule has 112 valence electrons. The Balaban J connectivity index is 1.75. The molecule has 0 aliphatic carbocycles. The first-order valence-electron chi connectivity index (χ1n) is 6.80. The number of anilines is 1. The molecule has 0 unspecified atom stereocenters. The highest BCUT2D eigenvalue weighted by Gasteiger charge is 2.08. The number of hydrogen-bond donors (Lipinski definition) is 1. The van der Waals surface area contributed by atoms with Gasteiger partial charge in [0.2, 0.25) is 0 Å². The smallest absolute Gasteiger partial charge is 0.265 e. The molecule has 1 N–H and O–H groups in total. The molecule has 0 saturated carbocycles. The van der Waals surface area contributed by atoms with Crippen LogP contribution < -0.4 is 5.32 Å². The van der Waals surface area contributed by atoms with Crippen LogP contribution in [0.2, 0.25) is 0 Å². The molecule has 3 rings (SSSR count). The van der Waals surface area contributed by atoms with Gasteiger partial charge in [-0.3, -0.25) is 4.79 Å². The van der Waals surface area contributed by atoms with Gasteiger partial charge < -0.3 is 5.32 Å². The Morgan fingerprint density at radius 3 is 2.74 bits per heavy atom. The summed E-state index contributed by atoms with van der Waals surface area (Å²) in [6.45, 7) is 0. The van der Waals surface area contributed by atoms with E-state index in [9.17, 15) is 4.79 Å². The minimum absolute atomic E-state index is 0.129. The zero-order chi connectivity index (χ0) is 16.1. The molecule has 0 aliphatic rings. The summed E-state index contributed by atoms with van der Waals surface area (Å²) < 4.78 is 0.928. The SMILES string of the molecule is O=C(Nc1cccc(C#Cc2ccccn2)c1)c1ccc(Br)s1. The van der Waals surface area contributed by atoms with Gasteiger partial charge in [0.15, 0.2) is 0 Å². The van der Waals surface area contributed by atoms with Gasteiger partial charge in [-0.25, -0.2) is 4.98 Å². The molecule has 2 aromatic heterocycles. The second-order valence-electron chi connectivity index (χ2n) is 4.60. The van der Waals surface area contributed by atoms with Crippen LogP contribution in [0.4, 0.5) is 5.69 Å². The monoisotopic (exact) mass is 382 g/mol. The van der Waals surface area contributed by atoms with Crippen LogP contribution in [-0.4, -0.2) is 10.9 Å². The molecule has 1 amide bonds. The molecule has 3 aromatic rings. The molecule has 5 heteroatoms. The van der Waals surface area contributed by atoms with Crippen LogP contribution in [-0.2, 0) is 0 Å². The zero-order valence-electron chi connectivity index (χ0n) is 11.9. The molecule has 3 nitrogen and oxygen atoms in total. The maximum absolute atomic E-state index is 12.2. The molecule has 0 radical (unpaired) electrons. The summed E-state index contributed by atoms with van der Waals surface area (Å²) in [6.07, 6.45) is 1.71. The van der Waals surface area contributed by atoms with Crippen molar-refractivity contribution in [3.05, 3.63) is 80.7 Å². The quantitative estimate of drug-likeness (QED) is 0.660. The maximum atomic E-state index is 12.2. The molecular weight excluding hydrogens is 372 g/mol. The molecule has 2 heterocycles. The second kappa shape index (κ2) is 7.23. The molecular formula is C18H11BrN2OS. The van der Waals surface area contributed by atoms with E-state index in [2.05, 4.69) is 38.1 Å². The Labute approximate surface area is 146 Å². The molecule has 0 aliphatic heterocycles. The van der Waals surface area contributed by atoms with Crippen molar-refractivity contribution >= 4 is 38.9 Å². The summed E-state index contributed by atoms with van der Waals surface area (Å²) >= 11 is 4.75. The number of hydrogen-bond acceptors (Lipinski definition) is 3. The molecule has 1 aromatic carbocycles. The van der Waals surface area contributed by atoms with E-state index in [4.69, 9.17) is 0 Å². The van der Waals surface area contributed by atoms with Crippen molar-refractivity contribution in [2.45, 2.75) is 0 Å². The molecule has 0 bridgehead atoms. The second-order valence-corrected chi connectivity index (χ2v) is 7.07. The van der Waals surface area contributed by atoms with Gasteiger partial charge in [0.1, 0.15) is 5.69 Å². The van der Waals surface area contributed by atoms with E-state index in [0.29, 0.717) is 16.3 Å². The first kappa shape index (κ1) is 15.5. The number of halogens is 1. The average molecular weight is 383 g/mol. The first-order chi connectivity index (χ1) is 11.2. The lowest BCUT2D eigenvalue weighted by atomic mass is 10.2. The molecule has 0 saturated heterocycles. The third kappa shape index (κ3) is 4.28. The van der Waals surface area contributed by atoms with Crippen LogP contribution in [0.25, 0.3) is 0 Å².